The molecule has 0 saturated heterocycles. The first-order valence-corrected chi connectivity index (χ1v) is 3.26. The standard InChI is InChI=1S/C7H4FN4/c8-6-4-10-12(5-6)7-2-1-3-9-11-7/h1-2,4-5H. The predicted molar refractivity (Wildman–Crippen MR) is 37.9 cm³/mol. The molecule has 2 heterocycles. The van der Waals surface area contributed by atoms with Crippen LogP contribution >= 0.6 is 0 Å². The number of rotatable bonds is 1. The molecule has 1 radical (unpaired) electrons. The zero-order valence-electron chi connectivity index (χ0n) is 5.98. The minimum atomic E-state index is -0.398. The van der Waals surface area contributed by atoms with Crippen molar-refractivity contribution in [1.82, 2.24) is 20.0 Å². The highest BCUT2D eigenvalue weighted by molar-refractivity contribution is 5.16. The Kier molecular flexibility index (Phi) is 1.55. The molecule has 0 bridgehead atoms. The topological polar surface area (TPSA) is 43.6 Å². The fourth-order valence-electron chi connectivity index (χ4n) is 0.807. The van der Waals surface area contributed by atoms with E-state index in [9.17, 15) is 4.39 Å². The fourth-order valence-corrected chi connectivity index (χ4v) is 0.807. The Morgan fingerprint density at radius 3 is 3.00 bits per heavy atom. The van der Waals surface area contributed by atoms with Crippen LogP contribution in [-0.4, -0.2) is 20.0 Å². The maximum atomic E-state index is 12.5. The molecule has 0 fully saturated rings. The van der Waals surface area contributed by atoms with Gasteiger partial charge in [0.25, 0.3) is 0 Å². The van der Waals surface area contributed by atoms with Gasteiger partial charge in [-0.15, -0.1) is 10.2 Å². The van der Waals surface area contributed by atoms with Crippen LogP contribution in [0.15, 0.2) is 24.5 Å². The summed E-state index contributed by atoms with van der Waals surface area (Å²) in [6.45, 7) is 0. The van der Waals surface area contributed by atoms with Crippen LogP contribution in [0.2, 0.25) is 0 Å². The van der Waals surface area contributed by atoms with E-state index in [2.05, 4.69) is 21.5 Å². The molecule has 5 heteroatoms. The van der Waals surface area contributed by atoms with Crippen molar-refractivity contribution in [1.29, 1.82) is 0 Å². The third-order valence-corrected chi connectivity index (χ3v) is 1.30. The van der Waals surface area contributed by atoms with Gasteiger partial charge in [-0.05, 0) is 12.1 Å². The van der Waals surface area contributed by atoms with Crippen molar-refractivity contribution in [2.45, 2.75) is 0 Å². The van der Waals surface area contributed by atoms with E-state index in [0.29, 0.717) is 5.82 Å². The van der Waals surface area contributed by atoms with E-state index in [1.54, 1.807) is 12.1 Å². The maximum absolute atomic E-state index is 12.5. The van der Waals surface area contributed by atoms with Crippen LogP contribution in [0.1, 0.15) is 0 Å². The molecule has 4 nitrogen and oxygen atoms in total. The van der Waals surface area contributed by atoms with Crippen molar-refractivity contribution >= 4 is 0 Å². The van der Waals surface area contributed by atoms with E-state index in [4.69, 9.17) is 0 Å². The first-order valence-electron chi connectivity index (χ1n) is 3.26. The van der Waals surface area contributed by atoms with Gasteiger partial charge in [0, 0.05) is 0 Å². The minimum Gasteiger partial charge on any atom is -0.218 e. The summed E-state index contributed by atoms with van der Waals surface area (Å²) in [5.74, 6) is 0.0716. The molecule has 0 atom stereocenters. The molecule has 59 valence electrons. The number of aromatic nitrogens is 4. The van der Waals surface area contributed by atoms with Crippen LogP contribution in [0.25, 0.3) is 5.82 Å². The van der Waals surface area contributed by atoms with Crippen molar-refractivity contribution < 1.29 is 4.39 Å². The zero-order valence-corrected chi connectivity index (χ0v) is 5.98. The Hall–Kier alpha value is -1.78. The van der Waals surface area contributed by atoms with Gasteiger partial charge in [-0.2, -0.15) is 5.10 Å². The number of nitrogens with zero attached hydrogens (tertiary/aromatic N) is 4. The van der Waals surface area contributed by atoms with E-state index in [-0.39, 0.29) is 0 Å². The first kappa shape index (κ1) is 6.90. The molecule has 2 rings (SSSR count). The smallest absolute Gasteiger partial charge is 0.175 e. The van der Waals surface area contributed by atoms with E-state index in [1.165, 1.54) is 10.9 Å². The van der Waals surface area contributed by atoms with Crippen molar-refractivity contribution in [3.05, 3.63) is 36.5 Å². The SMILES string of the molecule is Fc1cnn(-c2cc[c]nn2)c1. The third kappa shape index (κ3) is 1.16. The highest BCUT2D eigenvalue weighted by atomic mass is 19.1. The predicted octanol–water partition coefficient (Wildman–Crippen LogP) is 0.602. The second kappa shape index (κ2) is 2.69. The second-order valence-corrected chi connectivity index (χ2v) is 2.12. The summed E-state index contributed by atoms with van der Waals surface area (Å²) in [5.41, 5.74) is 0. The Labute approximate surface area is 67.7 Å². The quantitative estimate of drug-likeness (QED) is 0.618. The molecule has 0 aromatic carbocycles. The Morgan fingerprint density at radius 2 is 2.42 bits per heavy atom. The van der Waals surface area contributed by atoms with Crippen molar-refractivity contribution in [3.63, 3.8) is 0 Å². The average molecular weight is 163 g/mol. The molecule has 12 heavy (non-hydrogen) atoms. The molecule has 0 aliphatic heterocycles. The van der Waals surface area contributed by atoms with Gasteiger partial charge in [-0.1, -0.05) is 0 Å². The first-order chi connectivity index (χ1) is 5.86. The molecule has 0 aliphatic carbocycles. The Balaban J connectivity index is 2.45. The number of hydrogen-bond acceptors (Lipinski definition) is 3. The molecule has 0 amide bonds. The van der Waals surface area contributed by atoms with Gasteiger partial charge in [0.05, 0.1) is 12.4 Å². The summed E-state index contributed by atoms with van der Waals surface area (Å²) in [4.78, 5) is 0. The van der Waals surface area contributed by atoms with Gasteiger partial charge >= 0.3 is 0 Å². The van der Waals surface area contributed by atoms with Crippen LogP contribution in [0.5, 0.6) is 0 Å². The summed E-state index contributed by atoms with van der Waals surface area (Å²) < 4.78 is 13.8. The fraction of sp³-hybridized carbons (Fsp3) is 0. The van der Waals surface area contributed by atoms with Crippen LogP contribution in [-0.2, 0) is 0 Å². The lowest BCUT2D eigenvalue weighted by Crippen LogP contribution is -1.98. The molecule has 0 unspecified atom stereocenters. The largest absolute Gasteiger partial charge is 0.218 e. The lowest BCUT2D eigenvalue weighted by molar-refractivity contribution is 0.626. The van der Waals surface area contributed by atoms with Crippen LogP contribution in [0.3, 0.4) is 0 Å². The van der Waals surface area contributed by atoms with E-state index < -0.39 is 5.82 Å². The summed E-state index contributed by atoms with van der Waals surface area (Å²) in [6.07, 6.45) is 4.85. The lowest BCUT2D eigenvalue weighted by atomic mass is 10.5. The highest BCUT2D eigenvalue weighted by Crippen LogP contribution is 2.01. The van der Waals surface area contributed by atoms with E-state index in [0.717, 1.165) is 6.20 Å². The molecule has 0 spiro atoms. The molecule has 0 saturated carbocycles. The Morgan fingerprint density at radius 1 is 1.50 bits per heavy atom. The number of halogens is 1. The third-order valence-electron chi connectivity index (χ3n) is 1.30. The van der Waals surface area contributed by atoms with Gasteiger partial charge in [0.1, 0.15) is 6.20 Å². The van der Waals surface area contributed by atoms with Crippen LogP contribution < -0.4 is 0 Å². The minimum absolute atomic E-state index is 0.398. The van der Waals surface area contributed by atoms with Crippen molar-refractivity contribution in [3.8, 4) is 5.82 Å². The van der Waals surface area contributed by atoms with Crippen LogP contribution in [0, 0.1) is 12.0 Å². The lowest BCUT2D eigenvalue weighted by Gasteiger charge is -1.94. The van der Waals surface area contributed by atoms with Crippen LogP contribution in [0.4, 0.5) is 4.39 Å². The van der Waals surface area contributed by atoms with Crippen molar-refractivity contribution in [2.75, 3.05) is 0 Å². The van der Waals surface area contributed by atoms with E-state index in [1.807, 2.05) is 0 Å². The second-order valence-electron chi connectivity index (χ2n) is 2.12. The molecule has 2 aromatic heterocycles. The molecular weight excluding hydrogens is 159 g/mol. The van der Waals surface area contributed by atoms with Gasteiger partial charge < -0.3 is 0 Å². The summed E-state index contributed by atoms with van der Waals surface area (Å²) >= 11 is 0. The van der Waals surface area contributed by atoms with Gasteiger partial charge in [0.2, 0.25) is 0 Å². The molecule has 0 N–H and O–H groups in total. The molecular formula is C7H4FN4. The van der Waals surface area contributed by atoms with Crippen molar-refractivity contribution in [2.24, 2.45) is 0 Å². The summed E-state index contributed by atoms with van der Waals surface area (Å²) in [5, 5.41) is 10.9. The molecule has 0 aliphatic rings. The highest BCUT2D eigenvalue weighted by Gasteiger charge is 1.99. The summed E-state index contributed by atoms with van der Waals surface area (Å²) in [6, 6.07) is 3.22. The maximum Gasteiger partial charge on any atom is 0.175 e. The normalized spacial score (nSPS) is 10.1. The monoisotopic (exact) mass is 163 g/mol. The average Bonchev–Trinajstić information content (AvgIpc) is 2.54. The number of hydrogen-bond donors (Lipinski definition) is 0. The van der Waals surface area contributed by atoms with E-state index >= 15 is 0 Å². The van der Waals surface area contributed by atoms with Gasteiger partial charge in [-0.25, -0.2) is 9.07 Å². The van der Waals surface area contributed by atoms with Gasteiger partial charge in [-0.3, -0.25) is 0 Å². The zero-order chi connectivity index (χ0) is 8.39. The van der Waals surface area contributed by atoms with Gasteiger partial charge in [0.15, 0.2) is 11.6 Å². The molecule has 2 aromatic rings. The Bertz CT molecular complexity index is 370. The summed E-state index contributed by atoms with van der Waals surface area (Å²) in [7, 11) is 0.